The summed E-state index contributed by atoms with van der Waals surface area (Å²) in [5.41, 5.74) is 3.99. The van der Waals surface area contributed by atoms with Crippen molar-refractivity contribution < 1.29 is 34.2 Å². The number of aromatic nitrogens is 1. The maximum atomic E-state index is 12.9. The number of benzene rings is 2. The molecule has 4 rings (SSSR count). The Labute approximate surface area is 219 Å². The van der Waals surface area contributed by atoms with Gasteiger partial charge in [-0.05, 0) is 56.5 Å². The predicted octanol–water partition coefficient (Wildman–Crippen LogP) is 2.22. The van der Waals surface area contributed by atoms with Crippen molar-refractivity contribution in [3.63, 3.8) is 0 Å². The fourth-order valence-electron chi connectivity index (χ4n) is 4.70. The SMILES string of the molecule is CCOC(=O)[C@@]1(Cc2ccc(OCc3cc(C)nc4ccccc34)cc2)CC1C(=O)N[C@@H](CO)C(=O)NO. The number of hydrogen-bond acceptors (Lipinski definition) is 8. The molecule has 38 heavy (non-hydrogen) atoms. The first-order valence-electron chi connectivity index (χ1n) is 12.4. The van der Waals surface area contributed by atoms with Crippen molar-refractivity contribution in [2.75, 3.05) is 13.2 Å². The van der Waals surface area contributed by atoms with Gasteiger partial charge in [-0.3, -0.25) is 24.6 Å². The van der Waals surface area contributed by atoms with E-state index in [0.29, 0.717) is 12.4 Å². The molecule has 3 aromatic rings. The number of nitrogens with zero attached hydrogens (tertiary/aromatic N) is 1. The topological polar surface area (TPSA) is 147 Å². The fourth-order valence-corrected chi connectivity index (χ4v) is 4.70. The van der Waals surface area contributed by atoms with E-state index < -0.39 is 41.8 Å². The van der Waals surface area contributed by atoms with Crippen LogP contribution in [0.1, 0.15) is 30.2 Å². The number of aliphatic hydroxyl groups excluding tert-OH is 1. The summed E-state index contributed by atoms with van der Waals surface area (Å²) in [5, 5.41) is 21.6. The zero-order valence-corrected chi connectivity index (χ0v) is 21.3. The van der Waals surface area contributed by atoms with Gasteiger partial charge in [-0.25, -0.2) is 5.48 Å². The number of aryl methyl sites for hydroxylation is 1. The van der Waals surface area contributed by atoms with E-state index in [-0.39, 0.29) is 19.4 Å². The molecule has 1 saturated carbocycles. The summed E-state index contributed by atoms with van der Waals surface area (Å²) < 4.78 is 11.3. The Hall–Kier alpha value is -4.02. The van der Waals surface area contributed by atoms with Gasteiger partial charge in [0.1, 0.15) is 18.4 Å². The zero-order chi connectivity index (χ0) is 27.3. The summed E-state index contributed by atoms with van der Waals surface area (Å²) in [6, 6.07) is 15.9. The second kappa shape index (κ2) is 11.6. The minimum absolute atomic E-state index is 0.164. The van der Waals surface area contributed by atoms with Crippen molar-refractivity contribution in [1.29, 1.82) is 0 Å². The third-order valence-corrected chi connectivity index (χ3v) is 6.77. The number of aliphatic hydroxyl groups is 1. The van der Waals surface area contributed by atoms with E-state index in [4.69, 9.17) is 14.7 Å². The number of carbonyl (C=O) groups is 3. The number of amides is 2. The number of ether oxygens (including phenoxy) is 2. The Morgan fingerprint density at radius 3 is 2.58 bits per heavy atom. The van der Waals surface area contributed by atoms with E-state index in [1.165, 1.54) is 5.48 Å². The van der Waals surface area contributed by atoms with Crippen molar-refractivity contribution in [1.82, 2.24) is 15.8 Å². The number of carbonyl (C=O) groups excluding carboxylic acids is 3. The van der Waals surface area contributed by atoms with Gasteiger partial charge in [0.05, 0.1) is 30.1 Å². The molecule has 200 valence electrons. The average molecular weight is 522 g/mol. The van der Waals surface area contributed by atoms with Gasteiger partial charge in [0.2, 0.25) is 5.91 Å². The standard InChI is InChI=1S/C28H31N3O7/c1-3-37-27(35)28(14-22(28)25(33)30-24(15-32)26(34)31-36)13-18-8-10-20(11-9-18)38-16-19-12-17(2)29-23-7-5-4-6-21(19)23/h4-12,22,24,32,36H,3,13-16H2,1-2H3,(H,30,33)(H,31,34)/t22?,24-,28-/m0/s1. The molecule has 0 aliphatic heterocycles. The maximum absolute atomic E-state index is 12.9. The van der Waals surface area contributed by atoms with Crippen molar-refractivity contribution in [2.45, 2.75) is 39.3 Å². The molecule has 1 unspecified atom stereocenters. The highest BCUT2D eigenvalue weighted by molar-refractivity contribution is 5.96. The van der Waals surface area contributed by atoms with Crippen LogP contribution in [-0.4, -0.2) is 52.3 Å². The second-order valence-electron chi connectivity index (χ2n) is 9.40. The van der Waals surface area contributed by atoms with Crippen molar-refractivity contribution in [3.05, 3.63) is 71.4 Å². The number of fused-ring (bicyclic) bond motifs is 1. The molecule has 3 atom stereocenters. The predicted molar refractivity (Wildman–Crippen MR) is 137 cm³/mol. The van der Waals surface area contributed by atoms with Crippen LogP contribution < -0.4 is 15.5 Å². The number of para-hydroxylation sites is 1. The van der Waals surface area contributed by atoms with Gasteiger partial charge in [0, 0.05) is 16.6 Å². The highest BCUT2D eigenvalue weighted by Gasteiger charge is 2.64. The molecule has 1 aliphatic rings. The monoisotopic (exact) mass is 521 g/mol. The van der Waals surface area contributed by atoms with E-state index in [9.17, 15) is 19.5 Å². The second-order valence-corrected chi connectivity index (χ2v) is 9.40. The van der Waals surface area contributed by atoms with Gasteiger partial charge < -0.3 is 19.9 Å². The molecule has 10 heteroatoms. The van der Waals surface area contributed by atoms with Crippen LogP contribution in [0.2, 0.25) is 0 Å². The molecule has 1 aliphatic carbocycles. The van der Waals surface area contributed by atoms with Crippen LogP contribution in [0.5, 0.6) is 5.75 Å². The molecule has 4 N–H and O–H groups in total. The lowest BCUT2D eigenvalue weighted by Gasteiger charge is -2.18. The summed E-state index contributed by atoms with van der Waals surface area (Å²) in [7, 11) is 0. The number of rotatable bonds is 11. The Bertz CT molecular complexity index is 1330. The van der Waals surface area contributed by atoms with Crippen molar-refractivity contribution in [3.8, 4) is 5.75 Å². The number of pyridine rings is 1. The summed E-state index contributed by atoms with van der Waals surface area (Å²) in [6.45, 7) is 3.47. The zero-order valence-electron chi connectivity index (χ0n) is 21.3. The van der Waals surface area contributed by atoms with E-state index in [0.717, 1.165) is 27.7 Å². The van der Waals surface area contributed by atoms with Crippen LogP contribution in [0, 0.1) is 18.3 Å². The number of nitrogens with one attached hydrogen (secondary N) is 2. The quantitative estimate of drug-likeness (QED) is 0.171. The molecule has 1 fully saturated rings. The fraction of sp³-hybridized carbons (Fsp3) is 0.357. The lowest BCUT2D eigenvalue weighted by Crippen LogP contribution is -2.49. The van der Waals surface area contributed by atoms with Crippen molar-refractivity contribution in [2.24, 2.45) is 11.3 Å². The number of hydroxylamine groups is 1. The third-order valence-electron chi connectivity index (χ3n) is 6.77. The third kappa shape index (κ3) is 5.76. The van der Waals surface area contributed by atoms with Crippen LogP contribution >= 0.6 is 0 Å². The molecule has 1 aromatic heterocycles. The molecule has 0 radical (unpaired) electrons. The Kier molecular flexibility index (Phi) is 8.23. The van der Waals surface area contributed by atoms with Gasteiger partial charge in [0.15, 0.2) is 0 Å². The largest absolute Gasteiger partial charge is 0.489 e. The highest BCUT2D eigenvalue weighted by Crippen LogP contribution is 2.56. The summed E-state index contributed by atoms with van der Waals surface area (Å²) in [6.07, 6.45) is 0.498. The smallest absolute Gasteiger partial charge is 0.313 e. The first kappa shape index (κ1) is 27.0. The lowest BCUT2D eigenvalue weighted by molar-refractivity contribution is -0.151. The Balaban J connectivity index is 1.44. The first-order valence-corrected chi connectivity index (χ1v) is 12.4. The van der Waals surface area contributed by atoms with Gasteiger partial charge >= 0.3 is 5.97 Å². The molecular formula is C28H31N3O7. The maximum Gasteiger partial charge on any atom is 0.313 e. The summed E-state index contributed by atoms with van der Waals surface area (Å²) in [5.74, 6) is -2.09. The minimum Gasteiger partial charge on any atom is -0.489 e. The Morgan fingerprint density at radius 1 is 1.16 bits per heavy atom. The molecule has 2 amide bonds. The number of esters is 1. The van der Waals surface area contributed by atoms with Crippen LogP contribution in [0.4, 0.5) is 0 Å². The van der Waals surface area contributed by atoms with E-state index >= 15 is 0 Å². The lowest BCUT2D eigenvalue weighted by atomic mass is 9.93. The first-order chi connectivity index (χ1) is 18.3. The number of hydrogen-bond donors (Lipinski definition) is 4. The highest BCUT2D eigenvalue weighted by atomic mass is 16.5. The molecular weight excluding hydrogens is 490 g/mol. The van der Waals surface area contributed by atoms with Crippen LogP contribution in [0.15, 0.2) is 54.6 Å². The minimum atomic E-state index is -1.33. The van der Waals surface area contributed by atoms with Crippen LogP contribution in [-0.2, 0) is 32.1 Å². The normalized spacial score (nSPS) is 18.9. The molecule has 10 nitrogen and oxygen atoms in total. The van der Waals surface area contributed by atoms with Gasteiger partial charge in [0.25, 0.3) is 5.91 Å². The van der Waals surface area contributed by atoms with E-state index in [1.54, 1.807) is 6.92 Å². The molecule has 0 bridgehead atoms. The van der Waals surface area contributed by atoms with Gasteiger partial charge in [-0.2, -0.15) is 0 Å². The van der Waals surface area contributed by atoms with Crippen LogP contribution in [0.25, 0.3) is 10.9 Å². The summed E-state index contributed by atoms with van der Waals surface area (Å²) in [4.78, 5) is 41.8. The van der Waals surface area contributed by atoms with Gasteiger partial charge in [-0.1, -0.05) is 30.3 Å². The summed E-state index contributed by atoms with van der Waals surface area (Å²) >= 11 is 0. The van der Waals surface area contributed by atoms with Gasteiger partial charge in [-0.15, -0.1) is 0 Å². The Morgan fingerprint density at radius 2 is 1.89 bits per heavy atom. The molecule has 0 saturated heterocycles. The molecule has 2 aromatic carbocycles. The van der Waals surface area contributed by atoms with E-state index in [2.05, 4.69) is 10.3 Å². The van der Waals surface area contributed by atoms with Crippen molar-refractivity contribution >= 4 is 28.7 Å². The molecule has 0 spiro atoms. The van der Waals surface area contributed by atoms with E-state index in [1.807, 2.05) is 61.5 Å². The average Bonchev–Trinajstić information content (AvgIpc) is 3.66. The molecule has 1 heterocycles. The van der Waals surface area contributed by atoms with Crippen LogP contribution in [0.3, 0.4) is 0 Å².